The van der Waals surface area contributed by atoms with Crippen LogP contribution in [-0.2, 0) is 0 Å². The average molecular weight is 419 g/mol. The lowest BCUT2D eigenvalue weighted by atomic mass is 10.1. The quantitative estimate of drug-likeness (QED) is 0.471. The molecule has 0 unspecified atom stereocenters. The predicted molar refractivity (Wildman–Crippen MR) is 121 cm³/mol. The van der Waals surface area contributed by atoms with E-state index in [4.69, 9.17) is 0 Å². The maximum atomic E-state index is 12.4. The van der Waals surface area contributed by atoms with Crippen molar-refractivity contribution in [2.75, 3.05) is 10.6 Å². The summed E-state index contributed by atoms with van der Waals surface area (Å²) in [5.41, 5.74) is 3.56. The fourth-order valence-electron chi connectivity index (χ4n) is 2.97. The molecule has 4 amide bonds. The number of nitrogens with zero attached hydrogens (tertiary/aromatic N) is 2. The number of pyridine rings is 2. The van der Waals surface area contributed by atoms with E-state index in [1.165, 1.54) is 0 Å². The summed E-state index contributed by atoms with van der Waals surface area (Å²) in [7, 11) is 0. The first-order chi connectivity index (χ1) is 14.9. The molecule has 0 saturated carbocycles. The monoisotopic (exact) mass is 418 g/mol. The summed E-state index contributed by atoms with van der Waals surface area (Å²) >= 11 is 0. The number of urea groups is 2. The second-order valence-electron chi connectivity index (χ2n) is 7.18. The highest BCUT2D eigenvalue weighted by Crippen LogP contribution is 2.21. The second kappa shape index (κ2) is 10.2. The molecule has 8 heteroatoms. The van der Waals surface area contributed by atoms with Crippen molar-refractivity contribution >= 4 is 23.4 Å². The van der Waals surface area contributed by atoms with Gasteiger partial charge in [0.1, 0.15) is 0 Å². The normalized spacial score (nSPS) is 12.4. The fourth-order valence-corrected chi connectivity index (χ4v) is 2.97. The van der Waals surface area contributed by atoms with E-state index in [1.807, 2.05) is 63.2 Å². The Balaban J connectivity index is 1.59. The van der Waals surface area contributed by atoms with Crippen LogP contribution in [0.1, 0.15) is 42.9 Å². The van der Waals surface area contributed by atoms with Gasteiger partial charge in [-0.1, -0.05) is 18.2 Å². The summed E-state index contributed by atoms with van der Waals surface area (Å²) in [6.45, 7) is 5.60. The molecule has 2 atom stereocenters. The topological polar surface area (TPSA) is 108 Å². The van der Waals surface area contributed by atoms with E-state index < -0.39 is 0 Å². The van der Waals surface area contributed by atoms with Crippen molar-refractivity contribution in [2.24, 2.45) is 0 Å². The molecule has 0 aliphatic heterocycles. The third-order valence-electron chi connectivity index (χ3n) is 4.70. The summed E-state index contributed by atoms with van der Waals surface area (Å²) in [4.78, 5) is 33.3. The number of amides is 4. The Morgan fingerprint density at radius 2 is 1.32 bits per heavy atom. The maximum absolute atomic E-state index is 12.4. The summed E-state index contributed by atoms with van der Waals surface area (Å²) in [6.07, 6.45) is 3.37. The first-order valence-corrected chi connectivity index (χ1v) is 10.00. The van der Waals surface area contributed by atoms with Gasteiger partial charge in [0.2, 0.25) is 0 Å². The molecule has 3 rings (SSSR count). The number of aryl methyl sites for hydroxylation is 1. The summed E-state index contributed by atoms with van der Waals surface area (Å²) in [5, 5.41) is 11.3. The molecular weight excluding hydrogens is 392 g/mol. The van der Waals surface area contributed by atoms with Gasteiger partial charge < -0.3 is 21.3 Å². The van der Waals surface area contributed by atoms with Gasteiger partial charge in [0, 0.05) is 23.8 Å². The lowest BCUT2D eigenvalue weighted by Crippen LogP contribution is -2.32. The number of benzene rings is 1. The largest absolute Gasteiger partial charge is 0.330 e. The minimum atomic E-state index is -0.360. The Hall–Kier alpha value is -3.94. The van der Waals surface area contributed by atoms with Gasteiger partial charge in [-0.3, -0.25) is 9.97 Å². The molecular formula is C23H26N6O2. The van der Waals surface area contributed by atoms with Crippen LogP contribution in [0.25, 0.3) is 0 Å². The van der Waals surface area contributed by atoms with Crippen LogP contribution in [0.4, 0.5) is 21.0 Å². The molecule has 0 radical (unpaired) electrons. The van der Waals surface area contributed by atoms with Crippen LogP contribution in [0, 0.1) is 6.92 Å². The molecule has 1 aromatic carbocycles. The van der Waals surface area contributed by atoms with E-state index in [-0.39, 0.29) is 24.1 Å². The number of carbonyl (C=O) groups excluding carboxylic acids is 2. The molecule has 0 bridgehead atoms. The Labute approximate surface area is 181 Å². The first kappa shape index (κ1) is 21.8. The van der Waals surface area contributed by atoms with Crippen LogP contribution in [0.2, 0.25) is 0 Å². The van der Waals surface area contributed by atoms with Crippen molar-refractivity contribution in [3.63, 3.8) is 0 Å². The van der Waals surface area contributed by atoms with Crippen LogP contribution >= 0.6 is 0 Å². The molecule has 0 spiro atoms. The molecule has 2 heterocycles. The number of hydrogen-bond acceptors (Lipinski definition) is 4. The van der Waals surface area contributed by atoms with Gasteiger partial charge in [0.05, 0.1) is 23.5 Å². The van der Waals surface area contributed by atoms with Gasteiger partial charge in [-0.05, 0) is 62.7 Å². The Bertz CT molecular complexity index is 1030. The lowest BCUT2D eigenvalue weighted by molar-refractivity contribution is 0.248. The van der Waals surface area contributed by atoms with Crippen LogP contribution in [0.15, 0.2) is 67.0 Å². The Morgan fingerprint density at radius 3 is 1.84 bits per heavy atom. The van der Waals surface area contributed by atoms with Crippen LogP contribution in [-0.4, -0.2) is 22.0 Å². The molecule has 3 aromatic rings. The molecule has 0 fully saturated rings. The van der Waals surface area contributed by atoms with E-state index in [9.17, 15) is 9.59 Å². The highest BCUT2D eigenvalue weighted by Gasteiger charge is 2.13. The minimum absolute atomic E-state index is 0.247. The second-order valence-corrected chi connectivity index (χ2v) is 7.18. The third kappa shape index (κ3) is 6.27. The van der Waals surface area contributed by atoms with E-state index in [0.717, 1.165) is 17.0 Å². The van der Waals surface area contributed by atoms with E-state index in [2.05, 4.69) is 31.2 Å². The number of nitrogens with one attached hydrogen (secondary N) is 4. The molecule has 160 valence electrons. The van der Waals surface area contributed by atoms with E-state index >= 15 is 0 Å². The van der Waals surface area contributed by atoms with Crippen molar-refractivity contribution in [3.05, 3.63) is 83.9 Å². The minimum Gasteiger partial charge on any atom is -0.330 e. The predicted octanol–water partition coefficient (Wildman–Crippen LogP) is 4.55. The summed E-state index contributed by atoms with van der Waals surface area (Å²) < 4.78 is 0. The van der Waals surface area contributed by atoms with Crippen molar-refractivity contribution < 1.29 is 9.59 Å². The standard InChI is InChI=1S/C23H26N6O2/c1-15-10-11-18(28-22(30)26-16(2)19-8-4-6-12-24-19)14-21(15)29-23(31)27-17(3)20-9-5-7-13-25-20/h4-14,16-17H,1-3H3,(H2,26,28,30)(H2,27,29,31)/t16-,17+/m0/s1. The van der Waals surface area contributed by atoms with E-state index in [0.29, 0.717) is 11.4 Å². The summed E-state index contributed by atoms with van der Waals surface area (Å²) in [6, 6.07) is 15.2. The zero-order valence-corrected chi connectivity index (χ0v) is 17.7. The van der Waals surface area contributed by atoms with Crippen molar-refractivity contribution in [1.82, 2.24) is 20.6 Å². The number of aromatic nitrogens is 2. The number of hydrogen-bond donors (Lipinski definition) is 4. The van der Waals surface area contributed by atoms with Crippen molar-refractivity contribution in [2.45, 2.75) is 32.9 Å². The number of carbonyl (C=O) groups is 2. The van der Waals surface area contributed by atoms with Gasteiger partial charge in [-0.15, -0.1) is 0 Å². The summed E-state index contributed by atoms with van der Waals surface area (Å²) in [5.74, 6) is 0. The molecule has 8 nitrogen and oxygen atoms in total. The van der Waals surface area contributed by atoms with Gasteiger partial charge in [0.15, 0.2) is 0 Å². The first-order valence-electron chi connectivity index (χ1n) is 10.00. The smallest absolute Gasteiger partial charge is 0.319 e. The number of rotatable bonds is 6. The molecule has 0 aliphatic rings. The molecule has 31 heavy (non-hydrogen) atoms. The van der Waals surface area contributed by atoms with Gasteiger partial charge >= 0.3 is 12.1 Å². The van der Waals surface area contributed by atoms with Crippen LogP contribution < -0.4 is 21.3 Å². The van der Waals surface area contributed by atoms with Crippen LogP contribution in [0.3, 0.4) is 0 Å². The van der Waals surface area contributed by atoms with Gasteiger partial charge in [-0.2, -0.15) is 0 Å². The SMILES string of the molecule is Cc1ccc(NC(=O)N[C@@H](C)c2ccccn2)cc1NC(=O)N[C@H](C)c1ccccn1. The van der Waals surface area contributed by atoms with E-state index in [1.54, 1.807) is 24.5 Å². The molecule has 0 saturated heterocycles. The highest BCUT2D eigenvalue weighted by atomic mass is 16.2. The van der Waals surface area contributed by atoms with Crippen LogP contribution in [0.5, 0.6) is 0 Å². The lowest BCUT2D eigenvalue weighted by Gasteiger charge is -2.17. The van der Waals surface area contributed by atoms with Crippen molar-refractivity contribution in [3.8, 4) is 0 Å². The van der Waals surface area contributed by atoms with Gasteiger partial charge in [-0.25, -0.2) is 9.59 Å². The average Bonchev–Trinajstić information content (AvgIpc) is 2.77. The highest BCUT2D eigenvalue weighted by molar-refractivity contribution is 5.93. The zero-order valence-electron chi connectivity index (χ0n) is 17.7. The fraction of sp³-hybridized carbons (Fsp3) is 0.217. The number of anilines is 2. The maximum Gasteiger partial charge on any atom is 0.319 e. The van der Waals surface area contributed by atoms with Crippen molar-refractivity contribution in [1.29, 1.82) is 0 Å². The Kier molecular flexibility index (Phi) is 7.16. The molecule has 0 aliphatic carbocycles. The molecule has 2 aromatic heterocycles. The molecule has 4 N–H and O–H groups in total. The van der Waals surface area contributed by atoms with Gasteiger partial charge in [0.25, 0.3) is 0 Å². The zero-order chi connectivity index (χ0) is 22.2. The Morgan fingerprint density at radius 1 is 0.774 bits per heavy atom. The third-order valence-corrected chi connectivity index (χ3v) is 4.70.